The first-order valence-corrected chi connectivity index (χ1v) is 14.1. The van der Waals surface area contributed by atoms with E-state index in [9.17, 15) is 0 Å². The van der Waals surface area contributed by atoms with Crippen molar-refractivity contribution in [1.29, 1.82) is 0 Å². The summed E-state index contributed by atoms with van der Waals surface area (Å²) in [5.74, 6) is 6.57. The van der Waals surface area contributed by atoms with Gasteiger partial charge in [-0.15, -0.1) is 0 Å². The molecule has 0 aromatic heterocycles. The van der Waals surface area contributed by atoms with Crippen LogP contribution in [0.5, 0.6) is 0 Å². The van der Waals surface area contributed by atoms with Crippen LogP contribution in [-0.2, 0) is 9.47 Å². The number of hydrogen-bond acceptors (Lipinski definition) is 2. The van der Waals surface area contributed by atoms with Gasteiger partial charge in [-0.2, -0.15) is 0 Å². The molecule has 0 amide bonds. The average molecular weight is 429 g/mol. The maximum Gasteiger partial charge on any atom is 0.171 e. The van der Waals surface area contributed by atoms with E-state index in [1.807, 2.05) is 0 Å². The van der Waals surface area contributed by atoms with Crippen LogP contribution < -0.4 is 0 Å². The normalized spacial score (nSPS) is 60.9. The SMILES string of the molecule is CC[C@H]1CC[C@@]2(C)[C@H](CC[C@@H]3[C@@H]2CC[C@]2(C)[C@@H]4[C@H](C[C@@H]32)O[C@]2(CC[C@H](C)CO2)[C@H]4C)C1. The first kappa shape index (κ1) is 21.5. The Labute approximate surface area is 191 Å². The monoisotopic (exact) mass is 428 g/mol. The summed E-state index contributed by atoms with van der Waals surface area (Å²) in [6.45, 7) is 13.6. The van der Waals surface area contributed by atoms with Crippen LogP contribution in [0.25, 0.3) is 0 Å². The minimum Gasteiger partial charge on any atom is -0.349 e. The van der Waals surface area contributed by atoms with Gasteiger partial charge >= 0.3 is 0 Å². The van der Waals surface area contributed by atoms with E-state index < -0.39 is 0 Å². The van der Waals surface area contributed by atoms with E-state index in [0.717, 1.165) is 42.6 Å². The second kappa shape index (κ2) is 7.21. The highest BCUT2D eigenvalue weighted by Gasteiger charge is 2.69. The molecule has 6 aliphatic rings. The van der Waals surface area contributed by atoms with Crippen LogP contribution in [0.15, 0.2) is 0 Å². The molecule has 6 rings (SSSR count). The Balaban J connectivity index is 1.24. The Morgan fingerprint density at radius 2 is 1.65 bits per heavy atom. The molecule has 6 fully saturated rings. The van der Waals surface area contributed by atoms with Gasteiger partial charge in [0.1, 0.15) is 0 Å². The van der Waals surface area contributed by atoms with Gasteiger partial charge in [-0.05, 0) is 110 Å². The van der Waals surface area contributed by atoms with Crippen LogP contribution in [-0.4, -0.2) is 18.5 Å². The van der Waals surface area contributed by atoms with Gasteiger partial charge in [-0.3, -0.25) is 0 Å². The van der Waals surface area contributed by atoms with Gasteiger partial charge in [0.25, 0.3) is 0 Å². The zero-order chi connectivity index (χ0) is 21.6. The maximum atomic E-state index is 6.95. The summed E-state index contributed by atoms with van der Waals surface area (Å²) >= 11 is 0. The molecule has 2 nitrogen and oxygen atoms in total. The average Bonchev–Trinajstić information content (AvgIpc) is 3.20. The van der Waals surface area contributed by atoms with Gasteiger partial charge in [-0.1, -0.05) is 41.0 Å². The molecule has 4 saturated carbocycles. The zero-order valence-electron chi connectivity index (χ0n) is 21.0. The quantitative estimate of drug-likeness (QED) is 0.431. The van der Waals surface area contributed by atoms with Crippen molar-refractivity contribution in [1.82, 2.24) is 0 Å². The maximum absolute atomic E-state index is 6.95. The Morgan fingerprint density at radius 3 is 2.39 bits per heavy atom. The van der Waals surface area contributed by atoms with Crippen LogP contribution in [0.3, 0.4) is 0 Å². The Bertz CT molecular complexity index is 695. The van der Waals surface area contributed by atoms with Crippen molar-refractivity contribution in [2.45, 2.75) is 117 Å². The lowest BCUT2D eigenvalue weighted by atomic mass is 9.44. The van der Waals surface area contributed by atoms with Crippen LogP contribution >= 0.6 is 0 Å². The molecule has 0 bridgehead atoms. The summed E-state index contributed by atoms with van der Waals surface area (Å²) in [5.41, 5.74) is 1.11. The molecule has 2 aliphatic heterocycles. The summed E-state index contributed by atoms with van der Waals surface area (Å²) in [7, 11) is 0. The molecule has 2 saturated heterocycles. The van der Waals surface area contributed by atoms with Gasteiger partial charge in [0.2, 0.25) is 0 Å². The molecule has 31 heavy (non-hydrogen) atoms. The molecule has 0 aromatic carbocycles. The molecule has 0 unspecified atom stereocenters. The Hall–Kier alpha value is -0.0800. The van der Waals surface area contributed by atoms with E-state index in [1.165, 1.54) is 64.2 Å². The lowest BCUT2D eigenvalue weighted by Gasteiger charge is -2.61. The van der Waals surface area contributed by atoms with E-state index in [0.29, 0.717) is 34.7 Å². The minimum atomic E-state index is -0.255. The fourth-order valence-electron chi connectivity index (χ4n) is 10.7. The van der Waals surface area contributed by atoms with Gasteiger partial charge in [-0.25, -0.2) is 0 Å². The summed E-state index contributed by atoms with van der Waals surface area (Å²) in [6.07, 6.45) is 16.1. The number of ether oxygens (including phenoxy) is 2. The van der Waals surface area contributed by atoms with Crippen molar-refractivity contribution in [3.63, 3.8) is 0 Å². The van der Waals surface area contributed by atoms with E-state index in [-0.39, 0.29) is 5.79 Å². The summed E-state index contributed by atoms with van der Waals surface area (Å²) in [6, 6.07) is 0. The van der Waals surface area contributed by atoms with Gasteiger partial charge < -0.3 is 9.47 Å². The van der Waals surface area contributed by atoms with Gasteiger partial charge in [0.15, 0.2) is 5.79 Å². The molecule has 0 aromatic rings. The molecule has 2 heterocycles. The third-order valence-corrected chi connectivity index (χ3v) is 12.6. The highest BCUT2D eigenvalue weighted by atomic mass is 16.7. The second-order valence-electron chi connectivity index (χ2n) is 13.7. The first-order chi connectivity index (χ1) is 14.8. The summed E-state index contributed by atoms with van der Waals surface area (Å²) < 4.78 is 13.5. The zero-order valence-corrected chi connectivity index (χ0v) is 21.0. The molecule has 1 spiro atoms. The fraction of sp³-hybridized carbons (Fsp3) is 1.00. The van der Waals surface area contributed by atoms with E-state index >= 15 is 0 Å². The minimum absolute atomic E-state index is 0.255. The summed E-state index contributed by atoms with van der Waals surface area (Å²) in [4.78, 5) is 0. The number of rotatable bonds is 1. The lowest BCUT2D eigenvalue weighted by molar-refractivity contribution is -0.273. The van der Waals surface area contributed by atoms with E-state index in [1.54, 1.807) is 0 Å². The predicted octanol–water partition coefficient (Wildman–Crippen LogP) is 7.46. The van der Waals surface area contributed by atoms with Crippen LogP contribution in [0.4, 0.5) is 0 Å². The molecular weight excluding hydrogens is 380 g/mol. The van der Waals surface area contributed by atoms with E-state index in [4.69, 9.17) is 9.47 Å². The van der Waals surface area contributed by atoms with Crippen molar-refractivity contribution in [2.75, 3.05) is 6.61 Å². The number of fused-ring (bicyclic) bond motifs is 7. The molecule has 12 atom stereocenters. The molecule has 4 aliphatic carbocycles. The van der Waals surface area contributed by atoms with Gasteiger partial charge in [0.05, 0.1) is 12.7 Å². The molecular formula is C29H48O2. The lowest BCUT2D eigenvalue weighted by Crippen LogP contribution is -2.54. The fourth-order valence-corrected chi connectivity index (χ4v) is 10.7. The van der Waals surface area contributed by atoms with Gasteiger partial charge in [0, 0.05) is 12.3 Å². The standard InChI is InChI=1S/C29H48O2/c1-6-20-10-12-27(4)21(15-20)7-8-22-23(27)11-13-28(5)24(22)16-25-26(28)19(3)29(31-25)14-9-18(2)17-30-29/h18-26H,6-17H2,1-5H3/t18-,19-,20-,21+,22+,23-,24-,25-,26-,27-,28-,29+/m0/s1. The van der Waals surface area contributed by atoms with Crippen molar-refractivity contribution in [3.05, 3.63) is 0 Å². The second-order valence-corrected chi connectivity index (χ2v) is 13.7. The number of hydrogen-bond donors (Lipinski definition) is 0. The third kappa shape index (κ3) is 2.88. The van der Waals surface area contributed by atoms with Crippen molar-refractivity contribution in [2.24, 2.45) is 58.2 Å². The Morgan fingerprint density at radius 1 is 0.839 bits per heavy atom. The van der Waals surface area contributed by atoms with Crippen molar-refractivity contribution < 1.29 is 9.47 Å². The van der Waals surface area contributed by atoms with Crippen LogP contribution in [0.2, 0.25) is 0 Å². The Kier molecular flexibility index (Phi) is 4.99. The predicted molar refractivity (Wildman–Crippen MR) is 125 cm³/mol. The smallest absolute Gasteiger partial charge is 0.171 e. The van der Waals surface area contributed by atoms with Crippen molar-refractivity contribution >= 4 is 0 Å². The molecule has 0 radical (unpaired) electrons. The van der Waals surface area contributed by atoms with Crippen LogP contribution in [0.1, 0.15) is 105 Å². The summed E-state index contributed by atoms with van der Waals surface area (Å²) in [5, 5.41) is 0. The topological polar surface area (TPSA) is 18.5 Å². The molecule has 176 valence electrons. The highest BCUT2D eigenvalue weighted by Crippen LogP contribution is 2.71. The van der Waals surface area contributed by atoms with Crippen molar-refractivity contribution in [3.8, 4) is 0 Å². The van der Waals surface area contributed by atoms with Crippen LogP contribution in [0, 0.1) is 58.2 Å². The molecule has 0 N–H and O–H groups in total. The molecule has 2 heteroatoms. The first-order valence-electron chi connectivity index (χ1n) is 14.1. The third-order valence-electron chi connectivity index (χ3n) is 12.6. The highest BCUT2D eigenvalue weighted by molar-refractivity contribution is 5.15. The van der Waals surface area contributed by atoms with E-state index in [2.05, 4.69) is 34.6 Å². The largest absolute Gasteiger partial charge is 0.349 e.